The van der Waals surface area contributed by atoms with Crippen LogP contribution in [0.3, 0.4) is 0 Å². The Kier molecular flexibility index (Phi) is 3.02. The number of nitrogens with zero attached hydrogens (tertiary/aromatic N) is 2. The molecule has 0 aliphatic carbocycles. The third-order valence-electron chi connectivity index (χ3n) is 3.57. The highest BCUT2D eigenvalue weighted by atomic mass is 16.5. The molecule has 1 aromatic carbocycles. The highest BCUT2D eigenvalue weighted by Crippen LogP contribution is 2.22. The van der Waals surface area contributed by atoms with Crippen LogP contribution in [0.15, 0.2) is 41.1 Å². The average molecular weight is 244 g/mol. The van der Waals surface area contributed by atoms with Gasteiger partial charge in [0.25, 0.3) is 0 Å². The highest BCUT2D eigenvalue weighted by molar-refractivity contribution is 5.61. The molecule has 1 N–H and O–H groups in total. The van der Waals surface area contributed by atoms with Gasteiger partial charge in [-0.15, -0.1) is 0 Å². The molecule has 4 nitrogen and oxygen atoms in total. The molecule has 0 spiro atoms. The lowest BCUT2D eigenvalue weighted by atomic mass is 10.1. The van der Waals surface area contributed by atoms with Gasteiger partial charge in [0, 0.05) is 17.3 Å². The Hall–Kier alpha value is -1.81. The Labute approximate surface area is 107 Å². The molecule has 0 unspecified atom stereocenters. The van der Waals surface area contributed by atoms with Crippen molar-refractivity contribution in [2.45, 2.75) is 0 Å². The van der Waals surface area contributed by atoms with Gasteiger partial charge < -0.3 is 14.3 Å². The molecular weight excluding hydrogens is 226 g/mol. The van der Waals surface area contributed by atoms with Crippen LogP contribution < -0.4 is 9.80 Å². The van der Waals surface area contributed by atoms with Gasteiger partial charge in [0.05, 0.1) is 39.4 Å². The maximum atomic E-state index is 5.15. The van der Waals surface area contributed by atoms with Crippen LogP contribution in [-0.2, 0) is 0 Å². The number of likely N-dealkylation sites (N-methyl/N-ethyl adjacent to an activating group) is 1. The van der Waals surface area contributed by atoms with E-state index in [-0.39, 0.29) is 0 Å². The summed E-state index contributed by atoms with van der Waals surface area (Å²) in [6.45, 7) is 4.69. The first-order valence-corrected chi connectivity index (χ1v) is 6.40. The van der Waals surface area contributed by atoms with Gasteiger partial charge in [-0.1, -0.05) is 5.16 Å². The number of hydrogen-bond donors (Lipinski definition) is 1. The second-order valence-electron chi connectivity index (χ2n) is 4.87. The number of quaternary nitrogens is 1. The molecule has 94 valence electrons. The first-order chi connectivity index (χ1) is 8.83. The van der Waals surface area contributed by atoms with Crippen LogP contribution in [0.25, 0.3) is 11.3 Å². The van der Waals surface area contributed by atoms with E-state index in [1.165, 1.54) is 18.8 Å². The zero-order chi connectivity index (χ0) is 12.4. The lowest BCUT2D eigenvalue weighted by Gasteiger charge is -2.31. The summed E-state index contributed by atoms with van der Waals surface area (Å²) in [5, 5.41) is 3.73. The van der Waals surface area contributed by atoms with Crippen LogP contribution in [0.5, 0.6) is 0 Å². The van der Waals surface area contributed by atoms with Crippen LogP contribution in [0.2, 0.25) is 0 Å². The van der Waals surface area contributed by atoms with Crippen LogP contribution in [0.1, 0.15) is 0 Å². The number of aromatic nitrogens is 1. The summed E-state index contributed by atoms with van der Waals surface area (Å²) < 4.78 is 5.15. The van der Waals surface area contributed by atoms with Crippen LogP contribution in [0, 0.1) is 0 Å². The average Bonchev–Trinajstić information content (AvgIpc) is 2.94. The van der Waals surface area contributed by atoms with E-state index in [1.807, 2.05) is 6.07 Å². The lowest BCUT2D eigenvalue weighted by Crippen LogP contribution is -3.12. The quantitative estimate of drug-likeness (QED) is 0.843. The van der Waals surface area contributed by atoms with Gasteiger partial charge in [0.1, 0.15) is 0 Å². The molecule has 0 saturated carbocycles. The topological polar surface area (TPSA) is 33.7 Å². The standard InChI is InChI=1S/C14H17N3O/c1-16-8-10-17(11-9-16)13-4-2-12(3-5-13)14-6-7-15-18-14/h2-7H,8-11H2,1H3/p+1. The second-order valence-corrected chi connectivity index (χ2v) is 4.87. The molecule has 1 saturated heterocycles. The van der Waals surface area contributed by atoms with Crippen LogP contribution in [-0.4, -0.2) is 38.4 Å². The molecule has 4 heteroatoms. The van der Waals surface area contributed by atoms with Gasteiger partial charge >= 0.3 is 0 Å². The predicted molar refractivity (Wildman–Crippen MR) is 70.8 cm³/mol. The minimum Gasteiger partial charge on any atom is -0.360 e. The number of rotatable bonds is 2. The number of hydrogen-bond acceptors (Lipinski definition) is 3. The van der Waals surface area contributed by atoms with Crippen molar-refractivity contribution in [3.05, 3.63) is 36.5 Å². The number of piperazine rings is 1. The lowest BCUT2D eigenvalue weighted by molar-refractivity contribution is -0.880. The van der Waals surface area contributed by atoms with E-state index in [0.717, 1.165) is 24.4 Å². The summed E-state index contributed by atoms with van der Waals surface area (Å²) >= 11 is 0. The summed E-state index contributed by atoms with van der Waals surface area (Å²) in [7, 11) is 2.25. The van der Waals surface area contributed by atoms with Gasteiger partial charge in [-0.2, -0.15) is 0 Å². The summed E-state index contributed by atoms with van der Waals surface area (Å²) in [5.41, 5.74) is 2.38. The van der Waals surface area contributed by atoms with E-state index in [0.29, 0.717) is 0 Å². The Balaban J connectivity index is 1.75. The van der Waals surface area contributed by atoms with Crippen molar-refractivity contribution in [2.24, 2.45) is 0 Å². The Morgan fingerprint density at radius 2 is 1.83 bits per heavy atom. The van der Waals surface area contributed by atoms with Crippen molar-refractivity contribution >= 4 is 5.69 Å². The van der Waals surface area contributed by atoms with Gasteiger partial charge in [-0.25, -0.2) is 0 Å². The van der Waals surface area contributed by atoms with E-state index in [1.54, 1.807) is 11.1 Å². The van der Waals surface area contributed by atoms with Crippen molar-refractivity contribution in [3.8, 4) is 11.3 Å². The fraction of sp³-hybridized carbons (Fsp3) is 0.357. The van der Waals surface area contributed by atoms with Crippen molar-refractivity contribution < 1.29 is 9.42 Å². The fourth-order valence-electron chi connectivity index (χ4n) is 2.35. The molecule has 1 fully saturated rings. The minimum absolute atomic E-state index is 0.823. The Bertz CT molecular complexity index is 484. The molecule has 0 radical (unpaired) electrons. The maximum absolute atomic E-state index is 5.15. The predicted octanol–water partition coefficient (Wildman–Crippen LogP) is 0.676. The molecule has 1 aliphatic rings. The normalized spacial score (nSPS) is 17.1. The van der Waals surface area contributed by atoms with Gasteiger partial charge in [0.15, 0.2) is 5.76 Å². The third-order valence-corrected chi connectivity index (χ3v) is 3.57. The first kappa shape index (κ1) is 11.3. The molecule has 1 aromatic heterocycles. The molecule has 1 aliphatic heterocycles. The van der Waals surface area contributed by atoms with E-state index in [4.69, 9.17) is 4.52 Å². The summed E-state index contributed by atoms with van der Waals surface area (Å²) in [6, 6.07) is 10.4. The number of benzene rings is 1. The summed E-state index contributed by atoms with van der Waals surface area (Å²) in [6.07, 6.45) is 1.67. The molecule has 3 rings (SSSR count). The van der Waals surface area contributed by atoms with Crippen molar-refractivity contribution in [1.82, 2.24) is 5.16 Å². The van der Waals surface area contributed by atoms with E-state index in [2.05, 4.69) is 41.4 Å². The Morgan fingerprint density at radius 3 is 2.44 bits per heavy atom. The van der Waals surface area contributed by atoms with E-state index < -0.39 is 0 Å². The first-order valence-electron chi connectivity index (χ1n) is 6.40. The van der Waals surface area contributed by atoms with Crippen LogP contribution in [0.4, 0.5) is 5.69 Å². The minimum atomic E-state index is 0.823. The van der Waals surface area contributed by atoms with Crippen molar-refractivity contribution in [2.75, 3.05) is 38.1 Å². The largest absolute Gasteiger partial charge is 0.360 e. The van der Waals surface area contributed by atoms with Crippen molar-refractivity contribution in [1.29, 1.82) is 0 Å². The molecule has 18 heavy (non-hydrogen) atoms. The SMILES string of the molecule is C[NH+]1CCN(c2ccc(-c3ccno3)cc2)CC1. The molecule has 0 amide bonds. The zero-order valence-electron chi connectivity index (χ0n) is 10.6. The smallest absolute Gasteiger partial charge is 0.166 e. The van der Waals surface area contributed by atoms with Crippen LogP contribution >= 0.6 is 0 Å². The van der Waals surface area contributed by atoms with Gasteiger partial charge in [-0.05, 0) is 24.3 Å². The Morgan fingerprint density at radius 1 is 1.11 bits per heavy atom. The third kappa shape index (κ3) is 2.24. The fourth-order valence-corrected chi connectivity index (χ4v) is 2.35. The van der Waals surface area contributed by atoms with Crippen molar-refractivity contribution in [3.63, 3.8) is 0 Å². The van der Waals surface area contributed by atoms with Gasteiger partial charge in [-0.3, -0.25) is 0 Å². The molecule has 0 bridgehead atoms. The number of anilines is 1. The molecule has 2 heterocycles. The zero-order valence-corrected chi connectivity index (χ0v) is 10.6. The summed E-state index contributed by atoms with van der Waals surface area (Å²) in [5.74, 6) is 0.823. The maximum Gasteiger partial charge on any atom is 0.166 e. The monoisotopic (exact) mass is 244 g/mol. The molecule has 0 atom stereocenters. The number of nitrogens with one attached hydrogen (secondary N) is 1. The molecule has 2 aromatic rings. The highest BCUT2D eigenvalue weighted by Gasteiger charge is 2.16. The van der Waals surface area contributed by atoms with E-state index in [9.17, 15) is 0 Å². The second kappa shape index (κ2) is 4.82. The van der Waals surface area contributed by atoms with E-state index >= 15 is 0 Å². The van der Waals surface area contributed by atoms with Gasteiger partial charge in [0.2, 0.25) is 0 Å². The summed E-state index contributed by atoms with van der Waals surface area (Å²) in [4.78, 5) is 4.06. The molecular formula is C14H18N3O+.